The minimum Gasteiger partial charge on any atom is -0.355 e. The maximum Gasteiger partial charge on any atom is 0.251 e. The summed E-state index contributed by atoms with van der Waals surface area (Å²) in [5, 5.41) is 6.43. The summed E-state index contributed by atoms with van der Waals surface area (Å²) < 4.78 is 0. The minimum absolute atomic E-state index is 0.0175. The Morgan fingerprint density at radius 2 is 1.87 bits per heavy atom. The van der Waals surface area contributed by atoms with E-state index in [4.69, 9.17) is 0 Å². The first kappa shape index (κ1) is 22.5. The zero-order valence-electron chi connectivity index (χ0n) is 19.2. The molecule has 1 aliphatic rings. The molecule has 2 N–H and O–H groups in total. The van der Waals surface area contributed by atoms with Crippen LogP contribution >= 0.6 is 0 Å². The molecular weight excluding hydrogens is 370 g/mol. The lowest BCUT2D eigenvalue weighted by Crippen LogP contribution is -2.44. The number of carbonyl (C=O) groups excluding carboxylic acids is 1. The molecule has 2 aromatic carbocycles. The van der Waals surface area contributed by atoms with Gasteiger partial charge in [0.2, 0.25) is 0 Å². The highest BCUT2D eigenvalue weighted by molar-refractivity contribution is 5.94. The van der Waals surface area contributed by atoms with Crippen molar-refractivity contribution in [2.24, 2.45) is 5.41 Å². The van der Waals surface area contributed by atoms with E-state index in [1.165, 1.54) is 16.7 Å². The third kappa shape index (κ3) is 5.50. The molecule has 30 heavy (non-hydrogen) atoms. The van der Waals surface area contributed by atoms with Gasteiger partial charge < -0.3 is 10.6 Å². The molecular formula is C26H37N3O. The lowest BCUT2D eigenvalue weighted by atomic mass is 9.74. The molecule has 2 atom stereocenters. The van der Waals surface area contributed by atoms with Crippen molar-refractivity contribution in [3.8, 4) is 0 Å². The summed E-state index contributed by atoms with van der Waals surface area (Å²) in [7, 11) is 3.86. The van der Waals surface area contributed by atoms with Gasteiger partial charge in [-0.15, -0.1) is 0 Å². The topological polar surface area (TPSA) is 44.4 Å². The van der Waals surface area contributed by atoms with Crippen LogP contribution in [0.5, 0.6) is 0 Å². The number of nitrogens with one attached hydrogen (secondary N) is 2. The van der Waals surface area contributed by atoms with E-state index in [1.54, 1.807) is 7.05 Å². The van der Waals surface area contributed by atoms with Crippen LogP contribution in [0.1, 0.15) is 60.2 Å². The molecule has 0 saturated carbocycles. The van der Waals surface area contributed by atoms with Crippen LogP contribution in [0.15, 0.2) is 48.5 Å². The molecule has 0 bridgehead atoms. The highest BCUT2D eigenvalue weighted by atomic mass is 16.1. The Hall–Kier alpha value is -2.17. The Labute approximate surface area is 182 Å². The number of carbonyl (C=O) groups is 1. The van der Waals surface area contributed by atoms with E-state index in [0.29, 0.717) is 12.0 Å². The number of fused-ring (bicyclic) bond motifs is 1. The van der Waals surface area contributed by atoms with Gasteiger partial charge in [-0.3, -0.25) is 9.69 Å². The average molecular weight is 408 g/mol. The fourth-order valence-electron chi connectivity index (χ4n) is 4.59. The van der Waals surface area contributed by atoms with Crippen molar-refractivity contribution in [3.63, 3.8) is 0 Å². The summed E-state index contributed by atoms with van der Waals surface area (Å²) in [5.74, 6) is 0.523. The molecule has 0 unspecified atom stereocenters. The van der Waals surface area contributed by atoms with Crippen LogP contribution in [0.4, 0.5) is 0 Å². The Morgan fingerprint density at radius 3 is 2.53 bits per heavy atom. The highest BCUT2D eigenvalue weighted by Crippen LogP contribution is 2.37. The van der Waals surface area contributed by atoms with E-state index >= 15 is 0 Å². The van der Waals surface area contributed by atoms with Crippen molar-refractivity contribution in [2.45, 2.75) is 52.1 Å². The lowest BCUT2D eigenvalue weighted by molar-refractivity contribution is 0.0962. The van der Waals surface area contributed by atoms with Gasteiger partial charge in [-0.2, -0.15) is 0 Å². The molecule has 0 fully saturated rings. The predicted octanol–water partition coefficient (Wildman–Crippen LogP) is 4.21. The van der Waals surface area contributed by atoms with Crippen molar-refractivity contribution < 1.29 is 4.79 Å². The summed E-state index contributed by atoms with van der Waals surface area (Å²) in [5.41, 5.74) is 5.06. The van der Waals surface area contributed by atoms with Crippen molar-refractivity contribution in [1.82, 2.24) is 15.5 Å². The van der Waals surface area contributed by atoms with E-state index in [9.17, 15) is 4.79 Å². The van der Waals surface area contributed by atoms with Gasteiger partial charge in [0, 0.05) is 31.7 Å². The van der Waals surface area contributed by atoms with Gasteiger partial charge in [0.05, 0.1) is 0 Å². The fraction of sp³-hybridized carbons (Fsp3) is 0.500. The summed E-state index contributed by atoms with van der Waals surface area (Å²) in [6.07, 6.45) is 2.16. The summed E-state index contributed by atoms with van der Waals surface area (Å²) in [4.78, 5) is 14.3. The first-order valence-corrected chi connectivity index (χ1v) is 11.1. The number of nitrogens with zero attached hydrogens (tertiary/aromatic N) is 1. The Balaban J connectivity index is 1.56. The van der Waals surface area contributed by atoms with E-state index in [-0.39, 0.29) is 11.3 Å². The van der Waals surface area contributed by atoms with Gasteiger partial charge in [0.25, 0.3) is 5.91 Å². The molecule has 1 amide bonds. The fourth-order valence-corrected chi connectivity index (χ4v) is 4.59. The molecule has 1 heterocycles. The van der Waals surface area contributed by atoms with Crippen LogP contribution in [0.3, 0.4) is 0 Å². The zero-order valence-corrected chi connectivity index (χ0v) is 19.2. The second-order valence-electron chi connectivity index (χ2n) is 9.66. The molecule has 1 aliphatic heterocycles. The Kier molecular flexibility index (Phi) is 7.32. The Morgan fingerprint density at radius 1 is 1.13 bits per heavy atom. The lowest BCUT2D eigenvalue weighted by Gasteiger charge is -2.35. The molecule has 4 nitrogen and oxygen atoms in total. The molecule has 0 radical (unpaired) electrons. The molecule has 2 aromatic rings. The third-order valence-electron chi connectivity index (χ3n) is 6.43. The van der Waals surface area contributed by atoms with Crippen LogP contribution in [0.2, 0.25) is 0 Å². The maximum absolute atomic E-state index is 11.9. The monoisotopic (exact) mass is 407 g/mol. The van der Waals surface area contributed by atoms with Crippen LogP contribution < -0.4 is 10.6 Å². The van der Waals surface area contributed by atoms with Gasteiger partial charge >= 0.3 is 0 Å². The standard InChI is InChI=1S/C26H37N3O/c1-26(2,3)24(19-9-7-6-8-10-19)13-14-28-17-23-16-20-11-12-21(25(30)27-4)15-22(20)18-29(23)5/h6-12,15,23-24,28H,13-14,16-18H2,1-5H3,(H,27,30)/t23-,24+/m0/s1. The summed E-state index contributed by atoms with van der Waals surface area (Å²) >= 11 is 0. The number of hydrogen-bond donors (Lipinski definition) is 2. The van der Waals surface area contributed by atoms with E-state index < -0.39 is 0 Å². The predicted molar refractivity (Wildman–Crippen MR) is 125 cm³/mol. The minimum atomic E-state index is -0.0175. The average Bonchev–Trinajstić information content (AvgIpc) is 2.72. The molecule has 0 spiro atoms. The quantitative estimate of drug-likeness (QED) is 0.676. The second kappa shape index (κ2) is 9.76. The number of amides is 1. The van der Waals surface area contributed by atoms with Crippen LogP contribution in [-0.2, 0) is 13.0 Å². The molecule has 4 heteroatoms. The second-order valence-corrected chi connectivity index (χ2v) is 9.66. The van der Waals surface area contributed by atoms with E-state index in [1.807, 2.05) is 12.1 Å². The van der Waals surface area contributed by atoms with Crippen molar-refractivity contribution in [3.05, 3.63) is 70.8 Å². The van der Waals surface area contributed by atoms with E-state index in [2.05, 4.69) is 79.8 Å². The zero-order chi connectivity index (χ0) is 21.7. The van der Waals surface area contributed by atoms with Crippen LogP contribution in [-0.4, -0.2) is 44.0 Å². The third-order valence-corrected chi connectivity index (χ3v) is 6.43. The first-order chi connectivity index (χ1) is 14.3. The largest absolute Gasteiger partial charge is 0.355 e. The first-order valence-electron chi connectivity index (χ1n) is 11.1. The molecule has 162 valence electrons. The van der Waals surface area contributed by atoms with Crippen molar-refractivity contribution in [2.75, 3.05) is 27.2 Å². The van der Waals surface area contributed by atoms with Gasteiger partial charge in [0.1, 0.15) is 0 Å². The number of likely N-dealkylation sites (N-methyl/N-ethyl adjacent to an activating group) is 1. The van der Waals surface area contributed by atoms with Crippen molar-refractivity contribution >= 4 is 5.91 Å². The van der Waals surface area contributed by atoms with Gasteiger partial charge in [-0.05, 0) is 66.6 Å². The van der Waals surface area contributed by atoms with Crippen molar-refractivity contribution in [1.29, 1.82) is 0 Å². The maximum atomic E-state index is 11.9. The molecule has 0 saturated heterocycles. The summed E-state index contributed by atoms with van der Waals surface area (Å²) in [6.45, 7) is 9.90. The molecule has 3 rings (SSSR count). The smallest absolute Gasteiger partial charge is 0.251 e. The van der Waals surface area contributed by atoms with Gasteiger partial charge in [-0.25, -0.2) is 0 Å². The molecule has 0 aromatic heterocycles. The highest BCUT2D eigenvalue weighted by Gasteiger charge is 2.27. The number of hydrogen-bond acceptors (Lipinski definition) is 3. The number of benzene rings is 2. The molecule has 0 aliphatic carbocycles. The Bertz CT molecular complexity index is 841. The van der Waals surface area contributed by atoms with Gasteiger partial charge in [-0.1, -0.05) is 57.2 Å². The number of rotatable bonds is 7. The SMILES string of the molecule is CNC(=O)c1ccc2c(c1)CN(C)[C@H](CNCC[C@H](c1ccccc1)C(C)(C)C)C2. The van der Waals surface area contributed by atoms with Crippen LogP contribution in [0.25, 0.3) is 0 Å². The summed E-state index contributed by atoms with van der Waals surface area (Å²) in [6, 6.07) is 17.5. The van der Waals surface area contributed by atoms with Gasteiger partial charge in [0.15, 0.2) is 0 Å². The van der Waals surface area contributed by atoms with Crippen LogP contribution in [0, 0.1) is 5.41 Å². The normalized spacial score (nSPS) is 18.0. The van der Waals surface area contributed by atoms with E-state index in [0.717, 1.165) is 38.0 Å².